The first-order valence-electron chi connectivity index (χ1n) is 7.16. The Morgan fingerprint density at radius 2 is 2.19 bits per heavy atom. The summed E-state index contributed by atoms with van der Waals surface area (Å²) in [4.78, 5) is 0. The van der Waals surface area contributed by atoms with Crippen LogP contribution in [0.25, 0.3) is 0 Å². The van der Waals surface area contributed by atoms with E-state index in [1.165, 1.54) is 6.07 Å². The van der Waals surface area contributed by atoms with Crippen molar-refractivity contribution in [1.29, 1.82) is 0 Å². The average molecular weight is 303 g/mol. The zero-order chi connectivity index (χ0) is 15.3. The maximum Gasteiger partial charge on any atom is 0.419 e. The smallest absolute Gasteiger partial charge is 0.419 e. The highest BCUT2D eigenvalue weighted by Gasteiger charge is 2.35. The summed E-state index contributed by atoms with van der Waals surface area (Å²) >= 11 is 0. The van der Waals surface area contributed by atoms with Crippen LogP contribution in [0.15, 0.2) is 18.2 Å². The molecule has 2 rings (SSSR count). The second kappa shape index (κ2) is 7.13. The van der Waals surface area contributed by atoms with Gasteiger partial charge in [0.15, 0.2) is 0 Å². The monoisotopic (exact) mass is 303 g/mol. The quantitative estimate of drug-likeness (QED) is 0.817. The zero-order valence-corrected chi connectivity index (χ0v) is 12.0. The van der Waals surface area contributed by atoms with Crippen LogP contribution in [0.2, 0.25) is 0 Å². The van der Waals surface area contributed by atoms with E-state index in [-0.39, 0.29) is 11.9 Å². The zero-order valence-electron chi connectivity index (χ0n) is 12.0. The van der Waals surface area contributed by atoms with Crippen LogP contribution >= 0.6 is 0 Å². The fraction of sp³-hybridized carbons (Fsp3) is 0.600. The van der Waals surface area contributed by atoms with E-state index < -0.39 is 11.7 Å². The molecule has 3 nitrogen and oxygen atoms in total. The van der Waals surface area contributed by atoms with Crippen LogP contribution in [0.3, 0.4) is 0 Å². The Bertz CT molecular complexity index is 457. The van der Waals surface area contributed by atoms with Crippen molar-refractivity contribution >= 4 is 0 Å². The Kier molecular flexibility index (Phi) is 5.47. The average Bonchev–Trinajstić information content (AvgIpc) is 2.92. The van der Waals surface area contributed by atoms with E-state index in [4.69, 9.17) is 9.47 Å². The summed E-state index contributed by atoms with van der Waals surface area (Å²) in [5.74, 6) is -0.114. The summed E-state index contributed by atoms with van der Waals surface area (Å²) in [5.41, 5.74) is -0.115. The molecule has 1 N–H and O–H groups in total. The van der Waals surface area contributed by atoms with Gasteiger partial charge in [0.05, 0.1) is 18.8 Å². The minimum atomic E-state index is -4.42. The fourth-order valence-electron chi connectivity index (χ4n) is 2.21. The molecule has 1 heterocycles. The standard InChI is InChI=1S/C15H20F3NO2/c1-2-6-19-9-11-3-4-14(13(8-11)15(16,17)18)21-12-5-7-20-10-12/h3-4,8,12,19H,2,5-7,9-10H2,1H3. The van der Waals surface area contributed by atoms with Crippen molar-refractivity contribution in [3.05, 3.63) is 29.3 Å². The summed E-state index contributed by atoms with van der Waals surface area (Å²) in [6.45, 7) is 4.08. The van der Waals surface area contributed by atoms with Gasteiger partial charge >= 0.3 is 6.18 Å². The van der Waals surface area contributed by atoms with Crippen molar-refractivity contribution in [3.63, 3.8) is 0 Å². The Morgan fingerprint density at radius 3 is 2.81 bits per heavy atom. The SMILES string of the molecule is CCCNCc1ccc(OC2CCOC2)c(C(F)(F)F)c1. The van der Waals surface area contributed by atoms with Crippen molar-refractivity contribution in [2.24, 2.45) is 0 Å². The summed E-state index contributed by atoms with van der Waals surface area (Å²) in [5, 5.41) is 3.09. The first kappa shape index (κ1) is 16.1. The molecule has 21 heavy (non-hydrogen) atoms. The van der Waals surface area contributed by atoms with Crippen molar-refractivity contribution in [1.82, 2.24) is 5.32 Å². The van der Waals surface area contributed by atoms with Crippen LogP contribution in [0.4, 0.5) is 13.2 Å². The van der Waals surface area contributed by atoms with E-state index in [0.717, 1.165) is 19.0 Å². The number of halogens is 3. The van der Waals surface area contributed by atoms with E-state index in [1.807, 2.05) is 6.92 Å². The molecule has 0 aliphatic carbocycles. The molecule has 0 bridgehead atoms. The molecule has 118 valence electrons. The van der Waals surface area contributed by atoms with Crippen LogP contribution < -0.4 is 10.1 Å². The van der Waals surface area contributed by atoms with Gasteiger partial charge < -0.3 is 14.8 Å². The van der Waals surface area contributed by atoms with Gasteiger partial charge in [-0.15, -0.1) is 0 Å². The number of hydrogen-bond acceptors (Lipinski definition) is 3. The number of alkyl halides is 3. The highest BCUT2D eigenvalue weighted by molar-refractivity contribution is 5.39. The molecule has 1 aliphatic rings. The summed E-state index contributed by atoms with van der Waals surface area (Å²) in [6.07, 6.45) is -3.16. The molecule has 0 amide bonds. The minimum Gasteiger partial charge on any atom is -0.487 e. The predicted octanol–water partition coefficient (Wildman–Crippen LogP) is 3.37. The molecule has 0 saturated carbocycles. The maximum atomic E-state index is 13.2. The van der Waals surface area contributed by atoms with Gasteiger partial charge in [-0.1, -0.05) is 13.0 Å². The van der Waals surface area contributed by atoms with Crippen molar-refractivity contribution in [2.75, 3.05) is 19.8 Å². The number of benzene rings is 1. The molecule has 0 aromatic heterocycles. The molecule has 1 saturated heterocycles. The molecule has 0 radical (unpaired) electrons. The second-order valence-electron chi connectivity index (χ2n) is 5.11. The van der Waals surface area contributed by atoms with Gasteiger partial charge in [-0.2, -0.15) is 13.2 Å². The number of hydrogen-bond donors (Lipinski definition) is 1. The lowest BCUT2D eigenvalue weighted by Crippen LogP contribution is -2.19. The van der Waals surface area contributed by atoms with Crippen LogP contribution in [-0.2, 0) is 17.5 Å². The first-order chi connectivity index (χ1) is 10.0. The third-order valence-corrected chi connectivity index (χ3v) is 3.29. The Hall–Kier alpha value is -1.27. The molecular formula is C15H20F3NO2. The molecule has 1 fully saturated rings. The van der Waals surface area contributed by atoms with E-state index >= 15 is 0 Å². The van der Waals surface area contributed by atoms with Gasteiger partial charge in [-0.3, -0.25) is 0 Å². The van der Waals surface area contributed by atoms with Crippen LogP contribution in [0, 0.1) is 0 Å². The van der Waals surface area contributed by atoms with Gasteiger partial charge in [0.1, 0.15) is 11.9 Å². The Labute approximate surface area is 122 Å². The Morgan fingerprint density at radius 1 is 1.38 bits per heavy atom. The lowest BCUT2D eigenvalue weighted by atomic mass is 10.1. The van der Waals surface area contributed by atoms with Crippen molar-refractivity contribution < 1.29 is 22.6 Å². The lowest BCUT2D eigenvalue weighted by molar-refractivity contribution is -0.139. The van der Waals surface area contributed by atoms with Gasteiger partial charge in [0.25, 0.3) is 0 Å². The Balaban J connectivity index is 2.14. The molecule has 1 aromatic rings. The molecule has 0 spiro atoms. The minimum absolute atomic E-state index is 0.114. The van der Waals surface area contributed by atoms with E-state index in [1.54, 1.807) is 6.07 Å². The highest BCUT2D eigenvalue weighted by atomic mass is 19.4. The van der Waals surface area contributed by atoms with Crippen LogP contribution in [0.5, 0.6) is 5.75 Å². The third-order valence-electron chi connectivity index (χ3n) is 3.29. The number of nitrogens with one attached hydrogen (secondary N) is 1. The van der Waals surface area contributed by atoms with Gasteiger partial charge in [-0.25, -0.2) is 0 Å². The summed E-state index contributed by atoms with van der Waals surface area (Å²) in [7, 11) is 0. The van der Waals surface area contributed by atoms with E-state index in [9.17, 15) is 13.2 Å². The van der Waals surface area contributed by atoms with Gasteiger partial charge in [-0.05, 0) is 30.7 Å². The summed E-state index contributed by atoms with van der Waals surface area (Å²) in [6, 6.07) is 4.24. The van der Waals surface area contributed by atoms with Gasteiger partial charge in [0, 0.05) is 13.0 Å². The topological polar surface area (TPSA) is 30.5 Å². The molecule has 1 unspecified atom stereocenters. The number of rotatable bonds is 6. The van der Waals surface area contributed by atoms with E-state index in [0.29, 0.717) is 31.7 Å². The van der Waals surface area contributed by atoms with E-state index in [2.05, 4.69) is 5.32 Å². The van der Waals surface area contributed by atoms with Crippen molar-refractivity contribution in [2.45, 2.75) is 38.6 Å². The second-order valence-corrected chi connectivity index (χ2v) is 5.11. The van der Waals surface area contributed by atoms with Crippen LogP contribution in [-0.4, -0.2) is 25.9 Å². The van der Waals surface area contributed by atoms with Crippen molar-refractivity contribution in [3.8, 4) is 5.75 Å². The lowest BCUT2D eigenvalue weighted by Gasteiger charge is -2.18. The molecule has 1 aliphatic heterocycles. The third kappa shape index (κ3) is 4.61. The van der Waals surface area contributed by atoms with Gasteiger partial charge in [0.2, 0.25) is 0 Å². The fourth-order valence-corrected chi connectivity index (χ4v) is 2.21. The molecule has 6 heteroatoms. The molecule has 1 aromatic carbocycles. The molecule has 1 atom stereocenters. The normalized spacial score (nSPS) is 19.0. The maximum absolute atomic E-state index is 13.2. The van der Waals surface area contributed by atoms with Crippen LogP contribution in [0.1, 0.15) is 30.9 Å². The number of ether oxygens (including phenoxy) is 2. The highest BCUT2D eigenvalue weighted by Crippen LogP contribution is 2.37. The first-order valence-corrected chi connectivity index (χ1v) is 7.16. The molecular weight excluding hydrogens is 283 g/mol. The summed E-state index contributed by atoms with van der Waals surface area (Å²) < 4.78 is 50.1. The largest absolute Gasteiger partial charge is 0.487 e. The predicted molar refractivity (Wildman–Crippen MR) is 73.3 cm³/mol.